The van der Waals surface area contributed by atoms with E-state index in [9.17, 15) is 24.3 Å². The fraction of sp³-hybridized carbons (Fsp3) is 0.833. The van der Waals surface area contributed by atoms with Gasteiger partial charge in [-0.05, 0) is 24.7 Å². The fourth-order valence-electron chi connectivity index (χ4n) is 3.23. The second-order valence-corrected chi connectivity index (χ2v) is 8.47. The van der Waals surface area contributed by atoms with Crippen molar-refractivity contribution in [3.8, 4) is 0 Å². The van der Waals surface area contributed by atoms with Crippen LogP contribution in [0.5, 0.6) is 0 Å². The first kappa shape index (κ1) is 30.0. The molecule has 0 rings (SSSR count). The highest BCUT2D eigenvalue weighted by atomic mass is 16.6. The lowest BCUT2D eigenvalue weighted by Gasteiger charge is -2.24. The Bertz CT molecular complexity index is 553. The van der Waals surface area contributed by atoms with E-state index in [1.54, 1.807) is 0 Å². The molecule has 8 nitrogen and oxygen atoms in total. The first-order valence-corrected chi connectivity index (χ1v) is 11.9. The van der Waals surface area contributed by atoms with E-state index >= 15 is 0 Å². The molecule has 0 heterocycles. The predicted octanol–water partition coefficient (Wildman–Crippen LogP) is 4.11. The number of hydrogen-bond donors (Lipinski definition) is 1. The summed E-state index contributed by atoms with van der Waals surface area (Å²) in [5.41, 5.74) is -2.53. The molecule has 0 spiro atoms. The molecule has 0 aromatic heterocycles. The molecule has 2 unspecified atom stereocenters. The summed E-state index contributed by atoms with van der Waals surface area (Å²) in [6.07, 6.45) is 5.93. The minimum Gasteiger partial charge on any atom is -0.465 e. The lowest BCUT2D eigenvalue weighted by Crippen LogP contribution is -2.45. The molecule has 186 valence electrons. The standard InChI is InChI=1S/C24H42O8/c1-6-10-12-19(8-3)16-30-21(26)14-24(29,23(28)32-18(5)25)15-22(27)31-17-20(9-4)13-11-7-2/h19-20,29H,6-17H2,1-5H3. The molecule has 32 heavy (non-hydrogen) atoms. The average molecular weight is 459 g/mol. The fourth-order valence-corrected chi connectivity index (χ4v) is 3.23. The molecule has 0 aliphatic heterocycles. The van der Waals surface area contributed by atoms with Crippen molar-refractivity contribution in [2.24, 2.45) is 11.8 Å². The quantitative estimate of drug-likeness (QED) is 0.197. The summed E-state index contributed by atoms with van der Waals surface area (Å²) < 4.78 is 15.0. The van der Waals surface area contributed by atoms with Crippen molar-refractivity contribution in [2.45, 2.75) is 104 Å². The molecule has 0 amide bonds. The number of hydrogen-bond acceptors (Lipinski definition) is 8. The molecule has 1 N–H and O–H groups in total. The van der Waals surface area contributed by atoms with Gasteiger partial charge < -0.3 is 19.3 Å². The highest BCUT2D eigenvalue weighted by Gasteiger charge is 2.44. The van der Waals surface area contributed by atoms with Gasteiger partial charge in [0.15, 0.2) is 5.60 Å². The van der Waals surface area contributed by atoms with Crippen molar-refractivity contribution in [2.75, 3.05) is 13.2 Å². The first-order chi connectivity index (χ1) is 15.1. The molecule has 0 saturated carbocycles. The maximum Gasteiger partial charge on any atom is 0.346 e. The van der Waals surface area contributed by atoms with Gasteiger partial charge in [0.1, 0.15) is 0 Å². The largest absolute Gasteiger partial charge is 0.465 e. The molecule has 0 bridgehead atoms. The molecular weight excluding hydrogens is 416 g/mol. The van der Waals surface area contributed by atoms with Gasteiger partial charge in [0.05, 0.1) is 26.1 Å². The third-order valence-electron chi connectivity index (χ3n) is 5.54. The second kappa shape index (κ2) is 16.6. The van der Waals surface area contributed by atoms with Crippen LogP contribution in [0.3, 0.4) is 0 Å². The van der Waals surface area contributed by atoms with Gasteiger partial charge in [0.25, 0.3) is 0 Å². The Balaban J connectivity index is 5.05. The lowest BCUT2D eigenvalue weighted by molar-refractivity contribution is -0.182. The van der Waals surface area contributed by atoms with Crippen LogP contribution in [0.2, 0.25) is 0 Å². The van der Waals surface area contributed by atoms with Gasteiger partial charge >= 0.3 is 23.9 Å². The zero-order chi connectivity index (χ0) is 24.6. The van der Waals surface area contributed by atoms with E-state index in [2.05, 4.69) is 18.6 Å². The highest BCUT2D eigenvalue weighted by Crippen LogP contribution is 2.22. The summed E-state index contributed by atoms with van der Waals surface area (Å²) >= 11 is 0. The number of esters is 4. The molecule has 0 aliphatic carbocycles. The summed E-state index contributed by atoms with van der Waals surface area (Å²) in [5.74, 6) is -3.65. The Morgan fingerprint density at radius 1 is 0.781 bits per heavy atom. The number of ether oxygens (including phenoxy) is 3. The zero-order valence-electron chi connectivity index (χ0n) is 20.4. The minimum atomic E-state index is -2.53. The zero-order valence-corrected chi connectivity index (χ0v) is 20.4. The Hall–Kier alpha value is -1.96. The number of carbonyl (C=O) groups is 4. The lowest BCUT2D eigenvalue weighted by atomic mass is 9.95. The molecule has 8 heteroatoms. The minimum absolute atomic E-state index is 0.160. The summed E-state index contributed by atoms with van der Waals surface area (Å²) in [4.78, 5) is 48.2. The smallest absolute Gasteiger partial charge is 0.346 e. The van der Waals surface area contributed by atoms with E-state index in [0.29, 0.717) is 0 Å². The molecule has 0 aromatic rings. The monoisotopic (exact) mass is 458 g/mol. The van der Waals surface area contributed by atoms with Gasteiger partial charge in [-0.3, -0.25) is 14.4 Å². The van der Waals surface area contributed by atoms with Gasteiger partial charge in [0.2, 0.25) is 0 Å². The van der Waals surface area contributed by atoms with Crippen molar-refractivity contribution < 1.29 is 38.5 Å². The third-order valence-corrected chi connectivity index (χ3v) is 5.54. The second-order valence-electron chi connectivity index (χ2n) is 8.47. The van der Waals surface area contributed by atoms with Crippen LogP contribution < -0.4 is 0 Å². The van der Waals surface area contributed by atoms with Crippen LogP contribution in [0.4, 0.5) is 0 Å². The van der Waals surface area contributed by atoms with Crippen LogP contribution >= 0.6 is 0 Å². The maximum absolute atomic E-state index is 12.3. The number of aliphatic hydroxyl groups is 1. The highest BCUT2D eigenvalue weighted by molar-refractivity contribution is 5.95. The Morgan fingerprint density at radius 2 is 1.19 bits per heavy atom. The molecule has 0 fully saturated rings. The average Bonchev–Trinajstić information content (AvgIpc) is 2.73. The van der Waals surface area contributed by atoms with Crippen molar-refractivity contribution in [3.05, 3.63) is 0 Å². The summed E-state index contributed by atoms with van der Waals surface area (Å²) in [7, 11) is 0. The van der Waals surface area contributed by atoms with Crippen LogP contribution in [0, 0.1) is 11.8 Å². The predicted molar refractivity (Wildman–Crippen MR) is 119 cm³/mol. The Labute approximate surface area is 192 Å². The summed E-state index contributed by atoms with van der Waals surface area (Å²) in [5, 5.41) is 10.8. The van der Waals surface area contributed by atoms with Crippen LogP contribution in [0.15, 0.2) is 0 Å². The van der Waals surface area contributed by atoms with Crippen molar-refractivity contribution >= 4 is 23.9 Å². The van der Waals surface area contributed by atoms with E-state index in [-0.39, 0.29) is 25.0 Å². The van der Waals surface area contributed by atoms with Gasteiger partial charge in [-0.15, -0.1) is 0 Å². The molecule has 0 radical (unpaired) electrons. The van der Waals surface area contributed by atoms with E-state index in [1.807, 2.05) is 13.8 Å². The van der Waals surface area contributed by atoms with E-state index < -0.39 is 42.3 Å². The SMILES string of the molecule is CCCCC(CC)COC(=O)CC(O)(CC(=O)OCC(CC)CCCC)C(=O)OC(C)=O. The Kier molecular flexibility index (Phi) is 15.6. The summed E-state index contributed by atoms with van der Waals surface area (Å²) in [6.45, 7) is 9.45. The maximum atomic E-state index is 12.3. The van der Waals surface area contributed by atoms with Crippen molar-refractivity contribution in [3.63, 3.8) is 0 Å². The molecule has 0 aromatic carbocycles. The molecule has 2 atom stereocenters. The number of rotatable bonds is 17. The number of unbranched alkanes of at least 4 members (excludes halogenated alkanes) is 2. The van der Waals surface area contributed by atoms with Crippen molar-refractivity contribution in [1.29, 1.82) is 0 Å². The van der Waals surface area contributed by atoms with Gasteiger partial charge in [-0.2, -0.15) is 0 Å². The van der Waals surface area contributed by atoms with Crippen LogP contribution in [-0.2, 0) is 33.4 Å². The summed E-state index contributed by atoms with van der Waals surface area (Å²) in [6, 6.07) is 0. The van der Waals surface area contributed by atoms with Crippen LogP contribution in [0.25, 0.3) is 0 Å². The van der Waals surface area contributed by atoms with E-state index in [1.165, 1.54) is 0 Å². The topological polar surface area (TPSA) is 116 Å². The van der Waals surface area contributed by atoms with E-state index in [4.69, 9.17) is 9.47 Å². The van der Waals surface area contributed by atoms with E-state index in [0.717, 1.165) is 58.3 Å². The molecular formula is C24H42O8. The van der Waals surface area contributed by atoms with Gasteiger partial charge in [-0.1, -0.05) is 66.2 Å². The van der Waals surface area contributed by atoms with Gasteiger partial charge in [-0.25, -0.2) is 4.79 Å². The first-order valence-electron chi connectivity index (χ1n) is 11.9. The number of carbonyl (C=O) groups excluding carboxylic acids is 4. The normalized spacial score (nSPS) is 14.7. The van der Waals surface area contributed by atoms with Gasteiger partial charge in [0, 0.05) is 6.92 Å². The van der Waals surface area contributed by atoms with Crippen molar-refractivity contribution in [1.82, 2.24) is 0 Å². The Morgan fingerprint density at radius 3 is 1.50 bits per heavy atom. The molecule has 0 aliphatic rings. The van der Waals surface area contributed by atoms with Crippen LogP contribution in [-0.4, -0.2) is 47.8 Å². The van der Waals surface area contributed by atoms with Crippen LogP contribution in [0.1, 0.15) is 98.8 Å². The molecule has 0 saturated heterocycles. The third kappa shape index (κ3) is 12.8.